The zero-order valence-electron chi connectivity index (χ0n) is 22.3. The molecule has 2 heterocycles. The smallest absolute Gasteiger partial charge is 0.255 e. The van der Waals surface area contributed by atoms with Gasteiger partial charge in [-0.3, -0.25) is 4.79 Å². The Kier molecular flexibility index (Phi) is 7.26. The molecule has 8 heteroatoms. The van der Waals surface area contributed by atoms with Gasteiger partial charge >= 0.3 is 0 Å². The molecule has 0 aliphatic heterocycles. The SMILES string of the molecule is CC(C)NC(=O)c1ccc(Nc2ccc3c(c2)CC(N(C)C)C3)nc1Nc1ccnc(C(C)(C)C)n1. The van der Waals surface area contributed by atoms with Crippen LogP contribution in [-0.4, -0.2) is 51.9 Å². The minimum Gasteiger partial charge on any atom is -0.350 e. The lowest BCUT2D eigenvalue weighted by Gasteiger charge is -2.18. The number of nitrogens with one attached hydrogen (secondary N) is 3. The van der Waals surface area contributed by atoms with Crippen molar-refractivity contribution in [3.8, 4) is 0 Å². The number of carbonyl (C=O) groups excluding carboxylic acids is 1. The van der Waals surface area contributed by atoms with Crippen molar-refractivity contribution in [2.75, 3.05) is 24.7 Å². The molecule has 3 N–H and O–H groups in total. The van der Waals surface area contributed by atoms with E-state index in [1.54, 1.807) is 18.3 Å². The highest BCUT2D eigenvalue weighted by Crippen LogP contribution is 2.29. The molecule has 4 rings (SSSR count). The molecule has 1 aliphatic rings. The molecule has 0 saturated carbocycles. The highest BCUT2D eigenvalue weighted by Gasteiger charge is 2.23. The Labute approximate surface area is 214 Å². The maximum atomic E-state index is 12.9. The molecule has 0 radical (unpaired) electrons. The molecule has 1 atom stereocenters. The van der Waals surface area contributed by atoms with E-state index in [2.05, 4.69) is 83.9 Å². The van der Waals surface area contributed by atoms with Gasteiger partial charge in [0, 0.05) is 29.4 Å². The largest absolute Gasteiger partial charge is 0.350 e. The monoisotopic (exact) mass is 487 g/mol. The Balaban J connectivity index is 1.63. The van der Waals surface area contributed by atoms with Crippen LogP contribution in [0.3, 0.4) is 0 Å². The first kappa shape index (κ1) is 25.6. The standard InChI is InChI=1S/C28H37N7O/c1-17(2)30-26(36)22-10-11-23(31-20-9-8-18-15-21(35(6)7)16-19(18)14-20)32-25(22)33-24-12-13-29-27(34-24)28(3,4)5/h8-14,17,21H,15-16H2,1-7H3,(H,30,36)(H2,29,31,32,33,34). The topological polar surface area (TPSA) is 95.1 Å². The summed E-state index contributed by atoms with van der Waals surface area (Å²) in [4.78, 5) is 29.0. The summed E-state index contributed by atoms with van der Waals surface area (Å²) in [6, 6.07) is 12.4. The molecule has 1 aromatic carbocycles. The van der Waals surface area contributed by atoms with E-state index in [0.717, 1.165) is 18.5 Å². The number of benzene rings is 1. The van der Waals surface area contributed by atoms with Crippen LogP contribution < -0.4 is 16.0 Å². The molecule has 1 amide bonds. The third-order valence-electron chi connectivity index (χ3n) is 6.25. The van der Waals surface area contributed by atoms with E-state index in [1.165, 1.54) is 11.1 Å². The van der Waals surface area contributed by atoms with Crippen LogP contribution in [0.4, 0.5) is 23.1 Å². The van der Waals surface area contributed by atoms with E-state index >= 15 is 0 Å². The van der Waals surface area contributed by atoms with E-state index in [9.17, 15) is 4.79 Å². The number of amides is 1. The van der Waals surface area contributed by atoms with Crippen molar-refractivity contribution < 1.29 is 4.79 Å². The summed E-state index contributed by atoms with van der Waals surface area (Å²) < 4.78 is 0. The van der Waals surface area contributed by atoms with Crippen LogP contribution in [0.2, 0.25) is 0 Å². The second-order valence-corrected chi connectivity index (χ2v) is 11.0. The van der Waals surface area contributed by atoms with Gasteiger partial charge in [0.25, 0.3) is 5.91 Å². The number of anilines is 4. The van der Waals surface area contributed by atoms with Crippen LogP contribution in [0.1, 0.15) is 61.9 Å². The van der Waals surface area contributed by atoms with E-state index in [4.69, 9.17) is 4.98 Å². The first-order valence-corrected chi connectivity index (χ1v) is 12.5. The fourth-order valence-electron chi connectivity index (χ4n) is 4.24. The average molecular weight is 488 g/mol. The predicted octanol–water partition coefficient (Wildman–Crippen LogP) is 4.82. The van der Waals surface area contributed by atoms with Crippen molar-refractivity contribution in [2.45, 2.75) is 65.0 Å². The summed E-state index contributed by atoms with van der Waals surface area (Å²) in [6.07, 6.45) is 3.83. The summed E-state index contributed by atoms with van der Waals surface area (Å²) >= 11 is 0. The van der Waals surface area contributed by atoms with Gasteiger partial charge in [-0.2, -0.15) is 0 Å². The minimum absolute atomic E-state index is 0.00657. The van der Waals surface area contributed by atoms with Crippen molar-refractivity contribution in [2.24, 2.45) is 0 Å². The summed E-state index contributed by atoms with van der Waals surface area (Å²) in [5.74, 6) is 2.19. The van der Waals surface area contributed by atoms with Gasteiger partial charge in [-0.15, -0.1) is 0 Å². The molecule has 1 unspecified atom stereocenters. The second kappa shape index (κ2) is 10.2. The molecule has 2 aromatic heterocycles. The van der Waals surface area contributed by atoms with Gasteiger partial charge in [-0.25, -0.2) is 15.0 Å². The van der Waals surface area contributed by atoms with E-state index < -0.39 is 0 Å². The Bertz CT molecular complexity index is 1250. The highest BCUT2D eigenvalue weighted by molar-refractivity contribution is 5.99. The molecule has 0 saturated heterocycles. The number of nitrogens with zero attached hydrogens (tertiary/aromatic N) is 4. The normalized spacial score (nSPS) is 15.2. The van der Waals surface area contributed by atoms with Gasteiger partial charge in [0.15, 0.2) is 0 Å². The Hall–Kier alpha value is -3.52. The van der Waals surface area contributed by atoms with Crippen molar-refractivity contribution >= 4 is 29.0 Å². The first-order chi connectivity index (χ1) is 17.0. The van der Waals surface area contributed by atoms with Gasteiger partial charge in [-0.1, -0.05) is 26.8 Å². The number of hydrogen-bond acceptors (Lipinski definition) is 7. The second-order valence-electron chi connectivity index (χ2n) is 11.0. The summed E-state index contributed by atoms with van der Waals surface area (Å²) in [7, 11) is 4.26. The van der Waals surface area contributed by atoms with Gasteiger partial charge < -0.3 is 20.9 Å². The molecule has 0 spiro atoms. The third kappa shape index (κ3) is 5.99. The molecule has 8 nitrogen and oxygen atoms in total. The van der Waals surface area contributed by atoms with Gasteiger partial charge in [0.2, 0.25) is 0 Å². The van der Waals surface area contributed by atoms with Crippen molar-refractivity contribution in [1.82, 2.24) is 25.2 Å². The molecular formula is C28H37N7O. The molecule has 3 aromatic rings. The molecule has 36 heavy (non-hydrogen) atoms. The number of carbonyl (C=O) groups is 1. The van der Waals surface area contributed by atoms with Crippen LogP contribution in [0, 0.1) is 0 Å². The maximum Gasteiger partial charge on any atom is 0.255 e. The number of pyridine rings is 1. The Morgan fingerprint density at radius 3 is 2.39 bits per heavy atom. The van der Waals surface area contributed by atoms with Crippen LogP contribution in [0.15, 0.2) is 42.6 Å². The molecule has 0 fully saturated rings. The molecule has 190 valence electrons. The fraction of sp³-hybridized carbons (Fsp3) is 0.429. The van der Waals surface area contributed by atoms with Crippen molar-refractivity contribution in [1.29, 1.82) is 0 Å². The quantitative estimate of drug-likeness (QED) is 0.440. The number of fused-ring (bicyclic) bond motifs is 1. The van der Waals surface area contributed by atoms with Gasteiger partial charge in [-0.05, 0) is 82.2 Å². The summed E-state index contributed by atoms with van der Waals surface area (Å²) in [5, 5.41) is 9.63. The van der Waals surface area contributed by atoms with Crippen molar-refractivity contribution in [3.05, 3.63) is 65.1 Å². The lowest BCUT2D eigenvalue weighted by molar-refractivity contribution is 0.0943. The minimum atomic E-state index is -0.203. The third-order valence-corrected chi connectivity index (χ3v) is 6.25. The van der Waals surface area contributed by atoms with E-state index in [0.29, 0.717) is 34.9 Å². The van der Waals surface area contributed by atoms with E-state index in [1.807, 2.05) is 19.9 Å². The van der Waals surface area contributed by atoms with Crippen LogP contribution in [0.5, 0.6) is 0 Å². The van der Waals surface area contributed by atoms with Crippen LogP contribution >= 0.6 is 0 Å². The molecular weight excluding hydrogens is 450 g/mol. The van der Waals surface area contributed by atoms with Crippen LogP contribution in [0.25, 0.3) is 0 Å². The lowest BCUT2D eigenvalue weighted by Crippen LogP contribution is -2.30. The first-order valence-electron chi connectivity index (χ1n) is 12.5. The van der Waals surface area contributed by atoms with Crippen molar-refractivity contribution in [3.63, 3.8) is 0 Å². The van der Waals surface area contributed by atoms with Gasteiger partial charge in [0.1, 0.15) is 23.3 Å². The number of hydrogen-bond donors (Lipinski definition) is 3. The molecule has 0 bridgehead atoms. The van der Waals surface area contributed by atoms with Gasteiger partial charge in [0.05, 0.1) is 5.56 Å². The summed E-state index contributed by atoms with van der Waals surface area (Å²) in [6.45, 7) is 10.1. The Morgan fingerprint density at radius 2 is 1.69 bits per heavy atom. The maximum absolute atomic E-state index is 12.9. The Morgan fingerprint density at radius 1 is 0.972 bits per heavy atom. The van der Waals surface area contributed by atoms with E-state index in [-0.39, 0.29) is 17.4 Å². The summed E-state index contributed by atoms with van der Waals surface area (Å²) in [5.41, 5.74) is 3.98. The fourth-order valence-corrected chi connectivity index (χ4v) is 4.24. The highest BCUT2D eigenvalue weighted by atomic mass is 16.1. The predicted molar refractivity (Wildman–Crippen MR) is 145 cm³/mol. The number of aromatic nitrogens is 3. The number of likely N-dealkylation sites (N-methyl/N-ethyl adjacent to an activating group) is 1. The lowest BCUT2D eigenvalue weighted by atomic mass is 9.96. The zero-order valence-corrected chi connectivity index (χ0v) is 22.3. The zero-order chi connectivity index (χ0) is 26.0. The molecule has 1 aliphatic carbocycles. The number of rotatable bonds is 7. The average Bonchev–Trinajstić information content (AvgIpc) is 3.22. The van der Waals surface area contributed by atoms with Crippen LogP contribution in [-0.2, 0) is 18.3 Å².